The number of rotatable bonds is 9. The molecule has 0 fully saturated rings. The molecule has 0 aliphatic heterocycles. The van der Waals surface area contributed by atoms with E-state index in [1.807, 2.05) is 50.2 Å². The average molecular weight is 341 g/mol. The van der Waals surface area contributed by atoms with Crippen molar-refractivity contribution in [2.24, 2.45) is 0 Å². The average Bonchev–Trinajstić information content (AvgIpc) is 2.43. The Morgan fingerprint density at radius 2 is 1.78 bits per heavy atom. The van der Waals surface area contributed by atoms with Gasteiger partial charge < -0.3 is 10.2 Å². The van der Waals surface area contributed by atoms with Crippen molar-refractivity contribution in [3.05, 3.63) is 35.4 Å². The smallest absolute Gasteiger partial charge is 0.224 e. The molecule has 23 heavy (non-hydrogen) atoms. The molecular formula is C16H27N3O3S. The molecule has 6 nitrogen and oxygen atoms in total. The molecule has 0 aliphatic carbocycles. The van der Waals surface area contributed by atoms with E-state index in [4.69, 9.17) is 0 Å². The summed E-state index contributed by atoms with van der Waals surface area (Å²) in [5.74, 6) is -0.0969. The van der Waals surface area contributed by atoms with Crippen molar-refractivity contribution in [1.29, 1.82) is 0 Å². The molecule has 7 heteroatoms. The van der Waals surface area contributed by atoms with E-state index in [0.29, 0.717) is 26.1 Å². The third-order valence-corrected chi connectivity index (χ3v) is 4.86. The molecule has 0 heterocycles. The second kappa shape index (κ2) is 9.00. The molecule has 0 saturated heterocycles. The maximum absolute atomic E-state index is 12.0. The van der Waals surface area contributed by atoms with Gasteiger partial charge in [0.25, 0.3) is 0 Å². The van der Waals surface area contributed by atoms with Crippen LogP contribution in [0.1, 0.15) is 11.1 Å². The maximum atomic E-state index is 12.0. The number of aryl methyl sites for hydroxylation is 1. The van der Waals surface area contributed by atoms with Crippen LogP contribution in [0.3, 0.4) is 0 Å². The molecule has 1 rings (SSSR count). The first-order valence-electron chi connectivity index (χ1n) is 7.61. The third-order valence-electron chi connectivity index (χ3n) is 3.56. The van der Waals surface area contributed by atoms with Gasteiger partial charge in [-0.1, -0.05) is 24.3 Å². The zero-order valence-corrected chi connectivity index (χ0v) is 15.2. The summed E-state index contributed by atoms with van der Waals surface area (Å²) in [7, 11) is 0.518. The van der Waals surface area contributed by atoms with Gasteiger partial charge in [-0.15, -0.1) is 0 Å². The quantitative estimate of drug-likeness (QED) is 0.709. The number of nitrogens with one attached hydrogen (secondary N) is 1. The van der Waals surface area contributed by atoms with Crippen LogP contribution in [0, 0.1) is 6.92 Å². The Morgan fingerprint density at radius 1 is 1.13 bits per heavy atom. The number of hydrogen-bond acceptors (Lipinski definition) is 4. The van der Waals surface area contributed by atoms with Crippen LogP contribution in [0.4, 0.5) is 0 Å². The monoisotopic (exact) mass is 341 g/mol. The topological polar surface area (TPSA) is 69.7 Å². The van der Waals surface area contributed by atoms with E-state index in [1.54, 1.807) is 0 Å². The first-order chi connectivity index (χ1) is 10.7. The van der Waals surface area contributed by atoms with Gasteiger partial charge in [-0.3, -0.25) is 4.79 Å². The molecule has 130 valence electrons. The van der Waals surface area contributed by atoms with Crippen LogP contribution < -0.4 is 5.32 Å². The van der Waals surface area contributed by atoms with Crippen LogP contribution in [-0.2, 0) is 21.2 Å². The van der Waals surface area contributed by atoms with Gasteiger partial charge in [0.1, 0.15) is 0 Å². The Bertz CT molecular complexity index is 615. The number of nitrogens with zero attached hydrogens (tertiary/aromatic N) is 2. The fourth-order valence-corrected chi connectivity index (χ4v) is 2.96. The van der Waals surface area contributed by atoms with E-state index in [0.717, 1.165) is 11.1 Å². The van der Waals surface area contributed by atoms with Crippen molar-refractivity contribution in [3.63, 3.8) is 0 Å². The molecule has 0 radical (unpaired) electrons. The Hall–Kier alpha value is -1.44. The minimum absolute atomic E-state index is 0.0969. The Labute approximate surface area is 139 Å². The number of sulfonamides is 1. The number of hydrogen-bond donors (Lipinski definition) is 1. The van der Waals surface area contributed by atoms with Gasteiger partial charge in [0, 0.05) is 26.2 Å². The number of benzene rings is 1. The predicted octanol–water partition coefficient (Wildman–Crippen LogP) is 0.477. The standard InChI is InChI=1S/C16H27N3O3S/c1-14-7-5-6-8-15(14)13-16(20)17-9-10-19(23(4,21)22)12-11-18(2)3/h5-8H,9-13H2,1-4H3,(H,17,20). The zero-order chi connectivity index (χ0) is 17.5. The van der Waals surface area contributed by atoms with Crippen molar-refractivity contribution >= 4 is 15.9 Å². The van der Waals surface area contributed by atoms with Gasteiger partial charge in [-0.2, -0.15) is 4.31 Å². The summed E-state index contributed by atoms with van der Waals surface area (Å²) >= 11 is 0. The summed E-state index contributed by atoms with van der Waals surface area (Å²) in [6, 6.07) is 7.73. The van der Waals surface area contributed by atoms with Crippen LogP contribution in [0.25, 0.3) is 0 Å². The lowest BCUT2D eigenvalue weighted by Gasteiger charge is -2.22. The molecule has 1 aromatic rings. The highest BCUT2D eigenvalue weighted by atomic mass is 32.2. The van der Waals surface area contributed by atoms with E-state index in [9.17, 15) is 13.2 Å². The van der Waals surface area contributed by atoms with Crippen molar-refractivity contribution in [2.45, 2.75) is 13.3 Å². The summed E-state index contributed by atoms with van der Waals surface area (Å²) in [6.45, 7) is 3.62. The molecule has 0 unspecified atom stereocenters. The van der Waals surface area contributed by atoms with Crippen molar-refractivity contribution in [2.75, 3.05) is 46.5 Å². The van der Waals surface area contributed by atoms with E-state index < -0.39 is 10.0 Å². The second-order valence-electron chi connectivity index (χ2n) is 5.92. The lowest BCUT2D eigenvalue weighted by atomic mass is 10.1. The first kappa shape index (κ1) is 19.6. The summed E-state index contributed by atoms with van der Waals surface area (Å²) in [6.07, 6.45) is 1.50. The van der Waals surface area contributed by atoms with Crippen LogP contribution in [0.2, 0.25) is 0 Å². The lowest BCUT2D eigenvalue weighted by molar-refractivity contribution is -0.120. The summed E-state index contributed by atoms with van der Waals surface area (Å²) in [5.41, 5.74) is 2.06. The number of likely N-dealkylation sites (N-methyl/N-ethyl adjacent to an activating group) is 1. The molecule has 0 spiro atoms. The van der Waals surface area contributed by atoms with Gasteiger partial charge in [-0.05, 0) is 32.1 Å². The van der Waals surface area contributed by atoms with Crippen molar-refractivity contribution < 1.29 is 13.2 Å². The highest BCUT2D eigenvalue weighted by Crippen LogP contribution is 2.07. The molecule has 0 saturated carbocycles. The zero-order valence-electron chi connectivity index (χ0n) is 14.4. The molecule has 0 bridgehead atoms. The molecule has 1 N–H and O–H groups in total. The van der Waals surface area contributed by atoms with Gasteiger partial charge in [0.05, 0.1) is 12.7 Å². The molecule has 1 aromatic carbocycles. The Kier molecular flexibility index (Phi) is 7.67. The fraction of sp³-hybridized carbons (Fsp3) is 0.562. The highest BCUT2D eigenvalue weighted by Gasteiger charge is 2.16. The van der Waals surface area contributed by atoms with Gasteiger partial charge in [-0.25, -0.2) is 8.42 Å². The van der Waals surface area contributed by atoms with Gasteiger partial charge >= 0.3 is 0 Å². The molecule has 1 amide bonds. The number of carbonyl (C=O) groups is 1. The Morgan fingerprint density at radius 3 is 2.35 bits per heavy atom. The van der Waals surface area contributed by atoms with Gasteiger partial charge in [0.15, 0.2) is 0 Å². The van der Waals surface area contributed by atoms with Crippen molar-refractivity contribution in [3.8, 4) is 0 Å². The molecular weight excluding hydrogens is 314 g/mol. The van der Waals surface area contributed by atoms with Crippen LogP contribution >= 0.6 is 0 Å². The molecule has 0 atom stereocenters. The summed E-state index contributed by atoms with van der Waals surface area (Å²) in [4.78, 5) is 13.9. The molecule has 0 aromatic heterocycles. The van der Waals surface area contributed by atoms with Gasteiger partial charge in [0.2, 0.25) is 15.9 Å². The van der Waals surface area contributed by atoms with Crippen LogP contribution in [-0.4, -0.2) is 70.1 Å². The fourth-order valence-electron chi connectivity index (χ4n) is 2.12. The predicted molar refractivity (Wildman–Crippen MR) is 92.9 cm³/mol. The highest BCUT2D eigenvalue weighted by molar-refractivity contribution is 7.88. The number of amides is 1. The minimum atomic E-state index is -3.27. The van der Waals surface area contributed by atoms with E-state index in [1.165, 1.54) is 10.6 Å². The van der Waals surface area contributed by atoms with Crippen molar-refractivity contribution in [1.82, 2.24) is 14.5 Å². The van der Waals surface area contributed by atoms with E-state index >= 15 is 0 Å². The third kappa shape index (κ3) is 7.58. The first-order valence-corrected chi connectivity index (χ1v) is 9.46. The lowest BCUT2D eigenvalue weighted by Crippen LogP contribution is -2.41. The van der Waals surface area contributed by atoms with Crippen LogP contribution in [0.5, 0.6) is 0 Å². The minimum Gasteiger partial charge on any atom is -0.354 e. The van der Waals surface area contributed by atoms with E-state index in [-0.39, 0.29) is 12.5 Å². The molecule has 0 aliphatic rings. The second-order valence-corrected chi connectivity index (χ2v) is 7.90. The SMILES string of the molecule is Cc1ccccc1CC(=O)NCCN(CCN(C)C)S(C)(=O)=O. The Balaban J connectivity index is 2.46. The maximum Gasteiger partial charge on any atom is 0.224 e. The number of carbonyl (C=O) groups excluding carboxylic acids is 1. The summed E-state index contributed by atoms with van der Waals surface area (Å²) in [5, 5.41) is 2.79. The summed E-state index contributed by atoms with van der Waals surface area (Å²) < 4.78 is 24.9. The van der Waals surface area contributed by atoms with Crippen LogP contribution in [0.15, 0.2) is 24.3 Å². The normalized spacial score (nSPS) is 11.9. The van der Waals surface area contributed by atoms with E-state index in [2.05, 4.69) is 5.32 Å². The largest absolute Gasteiger partial charge is 0.354 e.